The molecular formula is C40H59NO2S2. The number of carbonyl (C=O) groups is 1. The van der Waals surface area contributed by atoms with Crippen LogP contribution in [0, 0.1) is 0 Å². The molecule has 0 unspecified atom stereocenters. The van der Waals surface area contributed by atoms with Gasteiger partial charge in [0.2, 0.25) is 0 Å². The Morgan fingerprint density at radius 3 is 1.49 bits per heavy atom. The Morgan fingerprint density at radius 1 is 0.800 bits per heavy atom. The molecule has 0 radical (unpaired) electrons. The highest BCUT2D eigenvalue weighted by atomic mass is 32.2. The summed E-state index contributed by atoms with van der Waals surface area (Å²) in [5, 5.41) is 8.06. The molecule has 0 saturated carbocycles. The van der Waals surface area contributed by atoms with E-state index in [2.05, 4.69) is 76.9 Å². The van der Waals surface area contributed by atoms with Gasteiger partial charge in [0.15, 0.2) is 5.78 Å². The minimum atomic E-state index is 0.0862. The first-order valence-corrected chi connectivity index (χ1v) is 16.2. The fraction of sp³-hybridized carbons (Fsp3) is 0.225. The zero-order chi connectivity index (χ0) is 35.7. The number of rotatable bonds is 9. The Kier molecular flexibility index (Phi) is 50.8. The predicted molar refractivity (Wildman–Crippen MR) is 215 cm³/mol. The number of thioether (sulfide) groups is 2. The van der Waals surface area contributed by atoms with Crippen molar-refractivity contribution >= 4 is 29.3 Å². The summed E-state index contributed by atoms with van der Waals surface area (Å²) in [5.74, 6) is 2.65. The summed E-state index contributed by atoms with van der Waals surface area (Å²) in [6.07, 6.45) is 30.8. The van der Waals surface area contributed by atoms with Crippen molar-refractivity contribution in [3.63, 3.8) is 0 Å². The lowest BCUT2D eigenvalue weighted by molar-refractivity contribution is -0.112. The summed E-state index contributed by atoms with van der Waals surface area (Å²) in [7, 11) is 0. The Bertz CT molecular complexity index is 1020. The van der Waals surface area contributed by atoms with E-state index in [0.29, 0.717) is 6.54 Å². The van der Waals surface area contributed by atoms with E-state index in [0.717, 1.165) is 16.7 Å². The van der Waals surface area contributed by atoms with E-state index in [4.69, 9.17) is 10.8 Å². The fourth-order valence-corrected chi connectivity index (χ4v) is 4.10. The molecular weight excluding hydrogens is 591 g/mol. The van der Waals surface area contributed by atoms with Crippen molar-refractivity contribution in [1.82, 2.24) is 0 Å². The monoisotopic (exact) mass is 649 g/mol. The fourth-order valence-electron chi connectivity index (χ4n) is 1.62. The van der Waals surface area contributed by atoms with Crippen molar-refractivity contribution in [2.45, 2.75) is 34.6 Å². The van der Waals surface area contributed by atoms with E-state index in [1.54, 1.807) is 48.6 Å². The lowest BCUT2D eigenvalue weighted by atomic mass is 10.2. The molecule has 3 nitrogen and oxygen atoms in total. The zero-order valence-corrected chi connectivity index (χ0v) is 30.2. The highest BCUT2D eigenvalue weighted by Gasteiger charge is 2.11. The zero-order valence-electron chi connectivity index (χ0n) is 28.5. The van der Waals surface area contributed by atoms with Crippen molar-refractivity contribution in [2.24, 2.45) is 5.73 Å². The van der Waals surface area contributed by atoms with Crippen LogP contribution in [0.25, 0.3) is 0 Å². The number of hydrogen-bond donors (Lipinski definition) is 2. The van der Waals surface area contributed by atoms with Crippen LogP contribution in [0.5, 0.6) is 0 Å². The Labute approximate surface area is 285 Å². The van der Waals surface area contributed by atoms with Crippen molar-refractivity contribution in [3.05, 3.63) is 182 Å². The lowest BCUT2D eigenvalue weighted by Crippen LogP contribution is -1.91. The van der Waals surface area contributed by atoms with Crippen LogP contribution >= 0.6 is 23.5 Å². The van der Waals surface area contributed by atoms with Crippen LogP contribution in [0.4, 0.5) is 0 Å². The number of carbonyl (C=O) groups excluding carboxylic acids is 1. The van der Waals surface area contributed by atoms with Crippen LogP contribution in [0.3, 0.4) is 0 Å². The van der Waals surface area contributed by atoms with Crippen LogP contribution in [-0.2, 0) is 4.79 Å². The van der Waals surface area contributed by atoms with E-state index in [1.165, 1.54) is 34.3 Å². The van der Waals surface area contributed by atoms with Crippen LogP contribution in [0.15, 0.2) is 182 Å². The number of ketones is 1. The van der Waals surface area contributed by atoms with Crippen molar-refractivity contribution in [1.29, 1.82) is 0 Å². The third kappa shape index (κ3) is 56.7. The molecule has 0 atom stereocenters. The van der Waals surface area contributed by atoms with E-state index in [9.17, 15) is 4.79 Å². The average molecular weight is 650 g/mol. The SMILES string of the molecule is C/C=C/C=C/C(C)=O.C1=CC(=C2SCCS2)C=C1.C=C(C)C(=C)C.C=C/C=C/CN.C=C/C=C/CO.C=CC(=C)C.C=CC=C. The highest BCUT2D eigenvalue weighted by Crippen LogP contribution is 2.39. The molecule has 2 aliphatic rings. The van der Waals surface area contributed by atoms with Crippen molar-refractivity contribution in [3.8, 4) is 0 Å². The molecule has 2 rings (SSSR count). The number of hydrogen-bond acceptors (Lipinski definition) is 5. The van der Waals surface area contributed by atoms with E-state index >= 15 is 0 Å². The first-order chi connectivity index (χ1) is 21.4. The van der Waals surface area contributed by atoms with Gasteiger partial charge in [-0.05, 0) is 46.3 Å². The van der Waals surface area contributed by atoms with Crippen LogP contribution in [0.1, 0.15) is 34.6 Å². The third-order valence-corrected chi connectivity index (χ3v) is 6.89. The maximum Gasteiger partial charge on any atom is 0.152 e. The molecule has 1 heterocycles. The minimum Gasteiger partial charge on any atom is -0.392 e. The molecule has 0 spiro atoms. The van der Waals surface area contributed by atoms with Gasteiger partial charge >= 0.3 is 0 Å². The molecule has 1 saturated heterocycles. The molecule has 0 amide bonds. The standard InChI is InChI=1S/C8H8S2.C7H10O.C6H10.C5H9N.C5H8O.C5H8.C4H6/c1-2-4-7(3-1)8-9-5-6-10-8;1-3-4-5-6-7(2)8;1-5(2)6(3)4;2*1-2-3-4-5-6;1-4-5(2)3;1-3-4-2/h1-4H,5-6H2;3-6H,1-2H3;1,3H2,2,4H3;2-4H,1,5-6H2;2-4,6H,1,5H2;4H,1-2H2,3H3;3-4H,1-2H2/b;4-3+,6-5+;;2*4-3+;;. The normalized spacial score (nSPS) is 11.9. The average Bonchev–Trinajstić information content (AvgIpc) is 3.76. The van der Waals surface area contributed by atoms with Gasteiger partial charge in [0.25, 0.3) is 0 Å². The predicted octanol–water partition coefficient (Wildman–Crippen LogP) is 11.2. The Balaban J connectivity index is -0.000000142. The quantitative estimate of drug-likeness (QED) is 0.192. The lowest BCUT2D eigenvalue weighted by Gasteiger charge is -1.94. The van der Waals surface area contributed by atoms with Gasteiger partial charge in [0.1, 0.15) is 0 Å². The van der Waals surface area contributed by atoms with E-state index < -0.39 is 0 Å². The Hall–Kier alpha value is -3.61. The third-order valence-electron chi connectivity index (χ3n) is 4.11. The summed E-state index contributed by atoms with van der Waals surface area (Å²) in [4.78, 5) is 10.2. The first kappa shape index (κ1) is 51.0. The summed E-state index contributed by atoms with van der Waals surface area (Å²) >= 11 is 3.96. The molecule has 0 aromatic carbocycles. The molecule has 5 heteroatoms. The second-order valence-electron chi connectivity index (χ2n) is 8.48. The molecule has 248 valence electrons. The van der Waals surface area contributed by atoms with Gasteiger partial charge in [0, 0.05) is 22.3 Å². The van der Waals surface area contributed by atoms with Crippen molar-refractivity contribution in [2.75, 3.05) is 24.7 Å². The topological polar surface area (TPSA) is 63.3 Å². The molecule has 0 aromatic heterocycles. The highest BCUT2D eigenvalue weighted by molar-refractivity contribution is 8.25. The van der Waals surface area contributed by atoms with Gasteiger partial charge in [-0.1, -0.05) is 167 Å². The maximum absolute atomic E-state index is 10.2. The minimum absolute atomic E-state index is 0.0862. The van der Waals surface area contributed by atoms with Crippen LogP contribution in [-0.4, -0.2) is 35.5 Å². The number of nitrogens with two attached hydrogens (primary N) is 1. The number of allylic oxidation sites excluding steroid dienone is 19. The summed E-state index contributed by atoms with van der Waals surface area (Å²) in [6, 6.07) is 0. The molecule has 1 aliphatic carbocycles. The van der Waals surface area contributed by atoms with E-state index in [-0.39, 0.29) is 12.4 Å². The van der Waals surface area contributed by atoms with Gasteiger partial charge in [-0.25, -0.2) is 0 Å². The second kappa shape index (κ2) is 44.8. The molecule has 45 heavy (non-hydrogen) atoms. The first-order valence-electron chi connectivity index (χ1n) is 14.2. The second-order valence-corrected chi connectivity index (χ2v) is 11.0. The van der Waals surface area contributed by atoms with Crippen LogP contribution < -0.4 is 5.73 Å². The van der Waals surface area contributed by atoms with Gasteiger partial charge in [-0.2, -0.15) is 0 Å². The smallest absolute Gasteiger partial charge is 0.152 e. The van der Waals surface area contributed by atoms with Gasteiger partial charge in [-0.3, -0.25) is 4.79 Å². The number of aliphatic hydroxyl groups excluding tert-OH is 1. The van der Waals surface area contributed by atoms with Crippen molar-refractivity contribution < 1.29 is 9.90 Å². The largest absolute Gasteiger partial charge is 0.392 e. The molecule has 1 aliphatic heterocycles. The molecule has 1 fully saturated rings. The van der Waals surface area contributed by atoms with Crippen LogP contribution in [0.2, 0.25) is 0 Å². The maximum atomic E-state index is 10.2. The molecule has 0 aromatic rings. The van der Waals surface area contributed by atoms with Gasteiger partial charge in [0.05, 0.1) is 6.61 Å². The number of aliphatic hydroxyl groups is 1. The summed E-state index contributed by atoms with van der Waals surface area (Å²) in [6.45, 7) is 37.8. The van der Waals surface area contributed by atoms with E-state index in [1.807, 2.05) is 75.5 Å². The molecule has 0 bridgehead atoms. The summed E-state index contributed by atoms with van der Waals surface area (Å²) in [5.41, 5.74) is 9.64. The van der Waals surface area contributed by atoms with Gasteiger partial charge in [-0.15, -0.1) is 23.5 Å². The summed E-state index contributed by atoms with van der Waals surface area (Å²) < 4.78 is 1.50. The Morgan fingerprint density at radius 2 is 1.24 bits per heavy atom. The van der Waals surface area contributed by atoms with Gasteiger partial charge < -0.3 is 10.8 Å². The molecule has 3 N–H and O–H groups in total.